The number of hydrogen-bond acceptors (Lipinski definition) is 4. The van der Waals surface area contributed by atoms with E-state index in [-0.39, 0.29) is 0 Å². The molecule has 0 unspecified atom stereocenters. The normalized spacial score (nSPS) is 15.4. The van der Waals surface area contributed by atoms with Gasteiger partial charge in [0.15, 0.2) is 5.11 Å². The topological polar surface area (TPSA) is 34.6 Å². The van der Waals surface area contributed by atoms with Crippen molar-refractivity contribution in [3.05, 3.63) is 24.4 Å². The van der Waals surface area contributed by atoms with E-state index in [1.807, 2.05) is 18.3 Å². The average molecular weight is 307 g/mol. The SMILES string of the molecule is CN(C)CCCNC(=S)N1CCN(c2ccccn2)CC1. The van der Waals surface area contributed by atoms with Crippen LogP contribution in [0.1, 0.15) is 6.42 Å². The fourth-order valence-corrected chi connectivity index (χ4v) is 2.67. The monoisotopic (exact) mass is 307 g/mol. The van der Waals surface area contributed by atoms with Crippen molar-refractivity contribution in [2.75, 3.05) is 58.3 Å². The van der Waals surface area contributed by atoms with E-state index in [0.29, 0.717) is 0 Å². The predicted octanol–water partition coefficient (Wildman–Crippen LogP) is 1.03. The van der Waals surface area contributed by atoms with Crippen LogP contribution >= 0.6 is 12.2 Å². The lowest BCUT2D eigenvalue weighted by atomic mass is 10.3. The van der Waals surface area contributed by atoms with E-state index in [9.17, 15) is 0 Å². The van der Waals surface area contributed by atoms with Crippen molar-refractivity contribution in [2.45, 2.75) is 6.42 Å². The van der Waals surface area contributed by atoms with E-state index in [0.717, 1.165) is 56.6 Å². The summed E-state index contributed by atoms with van der Waals surface area (Å²) >= 11 is 5.48. The van der Waals surface area contributed by atoms with Gasteiger partial charge in [-0.25, -0.2) is 4.98 Å². The zero-order valence-electron chi connectivity index (χ0n) is 13.0. The maximum Gasteiger partial charge on any atom is 0.169 e. The number of aromatic nitrogens is 1. The summed E-state index contributed by atoms with van der Waals surface area (Å²) in [5.74, 6) is 1.06. The fraction of sp³-hybridized carbons (Fsp3) is 0.600. The highest BCUT2D eigenvalue weighted by Crippen LogP contribution is 2.12. The third-order valence-electron chi connectivity index (χ3n) is 3.60. The van der Waals surface area contributed by atoms with Crippen LogP contribution in [0.15, 0.2) is 24.4 Å². The number of nitrogens with zero attached hydrogens (tertiary/aromatic N) is 4. The number of anilines is 1. The maximum absolute atomic E-state index is 5.48. The second kappa shape index (κ2) is 8.14. The number of thiocarbonyl (C=S) groups is 1. The summed E-state index contributed by atoms with van der Waals surface area (Å²) in [5, 5.41) is 4.24. The van der Waals surface area contributed by atoms with E-state index in [2.05, 4.69) is 45.2 Å². The Labute approximate surface area is 132 Å². The van der Waals surface area contributed by atoms with Crippen LogP contribution in [0, 0.1) is 0 Å². The molecule has 0 saturated carbocycles. The molecule has 1 N–H and O–H groups in total. The van der Waals surface area contributed by atoms with Crippen molar-refractivity contribution in [1.29, 1.82) is 0 Å². The smallest absolute Gasteiger partial charge is 0.169 e. The van der Waals surface area contributed by atoms with Gasteiger partial charge < -0.3 is 20.0 Å². The Morgan fingerprint density at radius 1 is 1.29 bits per heavy atom. The second-order valence-corrected chi connectivity index (χ2v) is 5.94. The summed E-state index contributed by atoms with van der Waals surface area (Å²) in [6.45, 7) is 5.87. The summed E-state index contributed by atoms with van der Waals surface area (Å²) in [6.07, 6.45) is 2.96. The molecule has 0 aliphatic carbocycles. The molecule has 2 rings (SSSR count). The van der Waals surface area contributed by atoms with E-state index in [1.54, 1.807) is 0 Å². The molecule has 21 heavy (non-hydrogen) atoms. The van der Waals surface area contributed by atoms with Crippen molar-refractivity contribution in [1.82, 2.24) is 20.1 Å². The van der Waals surface area contributed by atoms with Gasteiger partial charge in [0.1, 0.15) is 5.82 Å². The van der Waals surface area contributed by atoms with Gasteiger partial charge in [-0.1, -0.05) is 6.07 Å². The largest absolute Gasteiger partial charge is 0.363 e. The molecule has 0 bridgehead atoms. The van der Waals surface area contributed by atoms with Gasteiger partial charge >= 0.3 is 0 Å². The minimum absolute atomic E-state index is 0.884. The molecule has 1 aromatic heterocycles. The molecule has 2 heterocycles. The molecule has 0 amide bonds. The lowest BCUT2D eigenvalue weighted by Gasteiger charge is -2.36. The van der Waals surface area contributed by atoms with Crippen LogP contribution in [0.4, 0.5) is 5.82 Å². The van der Waals surface area contributed by atoms with Gasteiger partial charge in [-0.05, 0) is 51.4 Å². The van der Waals surface area contributed by atoms with Gasteiger partial charge in [0.2, 0.25) is 0 Å². The first-order valence-electron chi connectivity index (χ1n) is 7.50. The van der Waals surface area contributed by atoms with Crippen LogP contribution in [0.3, 0.4) is 0 Å². The van der Waals surface area contributed by atoms with Crippen LogP contribution in [-0.2, 0) is 0 Å². The van der Waals surface area contributed by atoms with Gasteiger partial charge in [-0.15, -0.1) is 0 Å². The first-order chi connectivity index (χ1) is 10.2. The second-order valence-electron chi connectivity index (χ2n) is 5.55. The summed E-state index contributed by atoms with van der Waals surface area (Å²) in [6, 6.07) is 6.05. The zero-order valence-corrected chi connectivity index (χ0v) is 13.8. The number of hydrogen-bond donors (Lipinski definition) is 1. The lowest BCUT2D eigenvalue weighted by Crippen LogP contribution is -2.52. The van der Waals surface area contributed by atoms with Gasteiger partial charge in [-0.3, -0.25) is 0 Å². The molecule has 1 fully saturated rings. The molecule has 0 radical (unpaired) electrons. The molecule has 1 aliphatic rings. The molecular weight excluding hydrogens is 282 g/mol. The molecule has 0 atom stereocenters. The summed E-state index contributed by atoms with van der Waals surface area (Å²) in [4.78, 5) is 11.2. The molecule has 6 heteroatoms. The Bertz CT molecular complexity index is 429. The first-order valence-corrected chi connectivity index (χ1v) is 7.91. The zero-order chi connectivity index (χ0) is 15.1. The van der Waals surface area contributed by atoms with Crippen molar-refractivity contribution >= 4 is 23.1 Å². The average Bonchev–Trinajstić information content (AvgIpc) is 2.52. The van der Waals surface area contributed by atoms with E-state index in [1.165, 1.54) is 0 Å². The molecule has 5 nitrogen and oxygen atoms in total. The van der Waals surface area contributed by atoms with Crippen molar-refractivity contribution in [3.63, 3.8) is 0 Å². The van der Waals surface area contributed by atoms with Crippen LogP contribution in [0.5, 0.6) is 0 Å². The molecule has 0 aromatic carbocycles. The molecule has 1 saturated heterocycles. The molecule has 116 valence electrons. The summed E-state index contributed by atoms with van der Waals surface area (Å²) in [7, 11) is 4.18. The molecule has 1 aromatic rings. The van der Waals surface area contributed by atoms with Gasteiger partial charge in [-0.2, -0.15) is 0 Å². The molecule has 0 spiro atoms. The highest BCUT2D eigenvalue weighted by Gasteiger charge is 2.19. The highest BCUT2D eigenvalue weighted by molar-refractivity contribution is 7.80. The van der Waals surface area contributed by atoms with Crippen LogP contribution in [0.2, 0.25) is 0 Å². The van der Waals surface area contributed by atoms with Gasteiger partial charge in [0, 0.05) is 38.9 Å². The number of nitrogens with one attached hydrogen (secondary N) is 1. The minimum atomic E-state index is 0.884. The Morgan fingerprint density at radius 2 is 2.05 bits per heavy atom. The minimum Gasteiger partial charge on any atom is -0.363 e. The standard InChI is InChI=1S/C15H25N5S/c1-18(2)9-5-8-17-15(21)20-12-10-19(11-13-20)14-6-3-4-7-16-14/h3-4,6-7H,5,8-13H2,1-2H3,(H,17,21). The molecule has 1 aliphatic heterocycles. The van der Waals surface area contributed by atoms with Crippen molar-refractivity contribution < 1.29 is 0 Å². The first kappa shape index (κ1) is 16.0. The number of pyridine rings is 1. The summed E-state index contributed by atoms with van der Waals surface area (Å²) in [5.41, 5.74) is 0. The van der Waals surface area contributed by atoms with E-state index >= 15 is 0 Å². The Hall–Kier alpha value is -1.40. The van der Waals surface area contributed by atoms with E-state index < -0.39 is 0 Å². The van der Waals surface area contributed by atoms with E-state index in [4.69, 9.17) is 12.2 Å². The maximum atomic E-state index is 5.48. The van der Waals surface area contributed by atoms with Crippen LogP contribution in [-0.4, -0.2) is 73.3 Å². The van der Waals surface area contributed by atoms with Gasteiger partial charge in [0.25, 0.3) is 0 Å². The Morgan fingerprint density at radius 3 is 2.67 bits per heavy atom. The quantitative estimate of drug-likeness (QED) is 0.646. The third kappa shape index (κ3) is 5.13. The highest BCUT2D eigenvalue weighted by atomic mass is 32.1. The number of piperazine rings is 1. The molecular formula is C15H25N5S. The van der Waals surface area contributed by atoms with Crippen LogP contribution < -0.4 is 10.2 Å². The van der Waals surface area contributed by atoms with Gasteiger partial charge in [0.05, 0.1) is 0 Å². The Balaban J connectivity index is 1.70. The van der Waals surface area contributed by atoms with Crippen molar-refractivity contribution in [2.24, 2.45) is 0 Å². The predicted molar refractivity (Wildman–Crippen MR) is 91.8 cm³/mol. The third-order valence-corrected chi connectivity index (χ3v) is 4.00. The Kier molecular flexibility index (Phi) is 6.20. The lowest BCUT2D eigenvalue weighted by molar-refractivity contribution is 0.372. The fourth-order valence-electron chi connectivity index (χ4n) is 2.38. The number of rotatable bonds is 5. The summed E-state index contributed by atoms with van der Waals surface area (Å²) < 4.78 is 0. The van der Waals surface area contributed by atoms with Crippen molar-refractivity contribution in [3.8, 4) is 0 Å². The van der Waals surface area contributed by atoms with Crippen LogP contribution in [0.25, 0.3) is 0 Å².